The number of nitrogens with zero attached hydrogens (tertiary/aromatic N) is 1. The van der Waals surface area contributed by atoms with E-state index < -0.39 is 0 Å². The molecular formula is C22H28N4. The normalized spacial score (nSPS) is 33.9. The Morgan fingerprint density at radius 3 is 2.88 bits per heavy atom. The molecule has 0 saturated carbocycles. The molecule has 2 heterocycles. The smallest absolute Gasteiger partial charge is 0.0712 e. The number of fused-ring (bicyclic) bond motifs is 1. The number of nitrogens with one attached hydrogen (secondary N) is 3. The Balaban J connectivity index is 1.63. The standard InChI is InChI=1S/C22H28N4/c1-15-17(13-23)3-2-4-20(15)18-11-16-5-8-25-14-21(16)22(12-18)26-19-6-9-24-10-7-19/h2-5,8,11-12,15-17,19,21,24-26H,6-7,9-10,14H2,1H3/t15-,16+,17?,21?/m1/s1. The van der Waals surface area contributed by atoms with Crippen LogP contribution in [0.25, 0.3) is 0 Å². The lowest BCUT2D eigenvalue weighted by Gasteiger charge is -2.37. The van der Waals surface area contributed by atoms with Crippen molar-refractivity contribution in [3.8, 4) is 6.07 Å². The van der Waals surface area contributed by atoms with E-state index in [0.717, 1.165) is 19.6 Å². The van der Waals surface area contributed by atoms with Crippen molar-refractivity contribution in [2.45, 2.75) is 25.8 Å². The van der Waals surface area contributed by atoms with Crippen molar-refractivity contribution >= 4 is 0 Å². The average Bonchev–Trinajstić information content (AvgIpc) is 2.69. The second-order valence-electron chi connectivity index (χ2n) is 7.79. The van der Waals surface area contributed by atoms with Crippen LogP contribution in [0.3, 0.4) is 0 Å². The molecule has 2 aliphatic heterocycles. The van der Waals surface area contributed by atoms with E-state index >= 15 is 0 Å². The Morgan fingerprint density at radius 2 is 2.08 bits per heavy atom. The van der Waals surface area contributed by atoms with E-state index in [-0.39, 0.29) is 11.8 Å². The first-order valence-electron chi connectivity index (χ1n) is 9.85. The quantitative estimate of drug-likeness (QED) is 0.734. The first-order chi connectivity index (χ1) is 12.8. The monoisotopic (exact) mass is 348 g/mol. The highest BCUT2D eigenvalue weighted by molar-refractivity contribution is 5.50. The molecule has 26 heavy (non-hydrogen) atoms. The molecule has 136 valence electrons. The van der Waals surface area contributed by atoms with Gasteiger partial charge in [0.25, 0.3) is 0 Å². The van der Waals surface area contributed by atoms with Gasteiger partial charge < -0.3 is 16.0 Å². The molecule has 0 aromatic heterocycles. The topological polar surface area (TPSA) is 59.9 Å². The predicted octanol–water partition coefficient (Wildman–Crippen LogP) is 2.77. The van der Waals surface area contributed by atoms with Crippen LogP contribution in [0.1, 0.15) is 19.8 Å². The van der Waals surface area contributed by atoms with E-state index in [9.17, 15) is 5.26 Å². The van der Waals surface area contributed by atoms with E-state index in [1.54, 1.807) is 0 Å². The highest BCUT2D eigenvalue weighted by atomic mass is 15.0. The largest absolute Gasteiger partial charge is 0.390 e. The van der Waals surface area contributed by atoms with Crippen LogP contribution in [-0.4, -0.2) is 25.7 Å². The van der Waals surface area contributed by atoms with Gasteiger partial charge in [-0.25, -0.2) is 0 Å². The van der Waals surface area contributed by atoms with Crippen LogP contribution in [0.5, 0.6) is 0 Å². The van der Waals surface area contributed by atoms with E-state index in [2.05, 4.69) is 59.4 Å². The van der Waals surface area contributed by atoms with Gasteiger partial charge in [-0.3, -0.25) is 0 Å². The number of piperidine rings is 1. The van der Waals surface area contributed by atoms with Crippen molar-refractivity contribution in [2.75, 3.05) is 19.6 Å². The lowest BCUT2D eigenvalue weighted by Crippen LogP contribution is -2.44. The highest BCUT2D eigenvalue weighted by Gasteiger charge is 2.32. The molecule has 4 aliphatic rings. The lowest BCUT2D eigenvalue weighted by atomic mass is 9.75. The summed E-state index contributed by atoms with van der Waals surface area (Å²) in [5.74, 6) is 1.08. The zero-order chi connectivity index (χ0) is 17.9. The summed E-state index contributed by atoms with van der Waals surface area (Å²) in [4.78, 5) is 0. The molecule has 4 heteroatoms. The fraction of sp³-hybridized carbons (Fsp3) is 0.500. The number of hydrogen-bond acceptors (Lipinski definition) is 4. The molecule has 2 aliphatic carbocycles. The number of nitriles is 1. The van der Waals surface area contributed by atoms with Gasteiger partial charge in [0, 0.05) is 36.0 Å². The summed E-state index contributed by atoms with van der Waals surface area (Å²) in [7, 11) is 0. The third-order valence-electron chi connectivity index (χ3n) is 6.14. The van der Waals surface area contributed by atoms with Gasteiger partial charge in [-0.05, 0) is 49.4 Å². The Bertz CT molecular complexity index is 728. The third-order valence-corrected chi connectivity index (χ3v) is 6.14. The Morgan fingerprint density at radius 1 is 1.23 bits per heavy atom. The molecule has 0 aromatic rings. The molecule has 0 bridgehead atoms. The van der Waals surface area contributed by atoms with Gasteiger partial charge in [-0.2, -0.15) is 5.26 Å². The first-order valence-corrected chi connectivity index (χ1v) is 9.85. The summed E-state index contributed by atoms with van der Waals surface area (Å²) in [6, 6.07) is 2.99. The van der Waals surface area contributed by atoms with Crippen molar-refractivity contribution in [2.24, 2.45) is 23.7 Å². The van der Waals surface area contributed by atoms with Crippen molar-refractivity contribution < 1.29 is 0 Å². The lowest BCUT2D eigenvalue weighted by molar-refractivity contribution is 0.370. The van der Waals surface area contributed by atoms with Crippen molar-refractivity contribution in [1.29, 1.82) is 5.26 Å². The van der Waals surface area contributed by atoms with Gasteiger partial charge in [0.1, 0.15) is 0 Å². The van der Waals surface area contributed by atoms with Gasteiger partial charge in [-0.1, -0.05) is 37.3 Å². The summed E-state index contributed by atoms with van der Waals surface area (Å²) in [6.07, 6.45) is 17.7. The molecule has 1 fully saturated rings. The van der Waals surface area contributed by atoms with E-state index in [1.165, 1.54) is 29.7 Å². The molecule has 4 atom stereocenters. The van der Waals surface area contributed by atoms with Crippen molar-refractivity contribution in [3.63, 3.8) is 0 Å². The van der Waals surface area contributed by atoms with Crippen LogP contribution in [0, 0.1) is 35.0 Å². The van der Waals surface area contributed by atoms with E-state index in [1.807, 2.05) is 12.2 Å². The SMILES string of the molecule is C[C@H]1C(C2=C[C@@H]3C=CNCC3C(NC3CCNCC3)=C2)=CC=CC1C#N. The third kappa shape index (κ3) is 3.37. The molecule has 4 rings (SSSR count). The van der Waals surface area contributed by atoms with Crippen molar-refractivity contribution in [1.82, 2.24) is 16.0 Å². The molecule has 0 spiro atoms. The molecule has 0 aromatic carbocycles. The fourth-order valence-corrected chi connectivity index (χ4v) is 4.50. The summed E-state index contributed by atoms with van der Waals surface area (Å²) < 4.78 is 0. The molecule has 1 saturated heterocycles. The molecule has 2 unspecified atom stereocenters. The highest BCUT2D eigenvalue weighted by Crippen LogP contribution is 2.38. The minimum absolute atomic E-state index is 0.0357. The maximum atomic E-state index is 9.43. The second kappa shape index (κ2) is 7.55. The maximum Gasteiger partial charge on any atom is 0.0712 e. The van der Waals surface area contributed by atoms with Gasteiger partial charge in [0.15, 0.2) is 0 Å². The van der Waals surface area contributed by atoms with Crippen LogP contribution >= 0.6 is 0 Å². The summed E-state index contributed by atoms with van der Waals surface area (Å²) >= 11 is 0. The predicted molar refractivity (Wildman–Crippen MR) is 105 cm³/mol. The average molecular weight is 348 g/mol. The maximum absolute atomic E-state index is 9.43. The van der Waals surface area contributed by atoms with E-state index in [0.29, 0.717) is 17.9 Å². The van der Waals surface area contributed by atoms with Gasteiger partial charge >= 0.3 is 0 Å². The molecule has 0 radical (unpaired) electrons. The van der Waals surface area contributed by atoms with Crippen LogP contribution < -0.4 is 16.0 Å². The van der Waals surface area contributed by atoms with Crippen LogP contribution in [-0.2, 0) is 0 Å². The van der Waals surface area contributed by atoms with Gasteiger partial charge in [0.2, 0.25) is 0 Å². The zero-order valence-electron chi connectivity index (χ0n) is 15.4. The fourth-order valence-electron chi connectivity index (χ4n) is 4.50. The second-order valence-corrected chi connectivity index (χ2v) is 7.79. The van der Waals surface area contributed by atoms with Crippen molar-refractivity contribution in [3.05, 3.63) is 59.5 Å². The molecular weight excluding hydrogens is 320 g/mol. The Labute approximate surface area is 156 Å². The van der Waals surface area contributed by atoms with Gasteiger partial charge in [-0.15, -0.1) is 0 Å². The summed E-state index contributed by atoms with van der Waals surface area (Å²) in [5, 5.41) is 20.1. The molecule has 0 amide bonds. The zero-order valence-corrected chi connectivity index (χ0v) is 15.4. The summed E-state index contributed by atoms with van der Waals surface area (Å²) in [6.45, 7) is 5.33. The minimum Gasteiger partial charge on any atom is -0.390 e. The van der Waals surface area contributed by atoms with Crippen LogP contribution in [0.2, 0.25) is 0 Å². The first kappa shape index (κ1) is 17.2. The number of allylic oxidation sites excluding steroid dienone is 8. The molecule has 4 nitrogen and oxygen atoms in total. The Hall–Kier alpha value is -2.25. The summed E-state index contributed by atoms with van der Waals surface area (Å²) in [5.41, 5.74) is 3.92. The van der Waals surface area contributed by atoms with Crippen LogP contribution in [0.15, 0.2) is 59.5 Å². The van der Waals surface area contributed by atoms with Gasteiger partial charge in [0.05, 0.1) is 12.0 Å². The number of rotatable bonds is 3. The molecule has 3 N–H and O–H groups in total. The van der Waals surface area contributed by atoms with E-state index in [4.69, 9.17) is 0 Å². The number of hydrogen-bond donors (Lipinski definition) is 3. The van der Waals surface area contributed by atoms with Crippen LogP contribution in [0.4, 0.5) is 0 Å². The minimum atomic E-state index is -0.0357. The Kier molecular flexibility index (Phi) is 4.99.